The number of nitrogens with zero attached hydrogens (tertiary/aromatic N) is 2. The number of unbranched alkanes of at least 4 members (excludes halogenated alkanes) is 3. The van der Waals surface area contributed by atoms with Gasteiger partial charge in [0.05, 0.1) is 0 Å². The first-order valence-electron chi connectivity index (χ1n) is 13.0. The molecule has 3 aliphatic rings. The maximum absolute atomic E-state index is 12.6. The summed E-state index contributed by atoms with van der Waals surface area (Å²) < 4.78 is 0. The lowest BCUT2D eigenvalue weighted by Crippen LogP contribution is -2.36. The van der Waals surface area contributed by atoms with Crippen LogP contribution < -0.4 is 0 Å². The molecule has 2 aliphatic heterocycles. The molecule has 0 radical (unpaired) electrons. The zero-order valence-electron chi connectivity index (χ0n) is 20.8. The molecule has 2 fully saturated rings. The van der Waals surface area contributed by atoms with Crippen LogP contribution in [0.5, 0.6) is 0 Å². The van der Waals surface area contributed by atoms with Crippen molar-refractivity contribution in [2.45, 2.75) is 91.4 Å². The fourth-order valence-electron chi connectivity index (χ4n) is 5.52. The third-order valence-electron chi connectivity index (χ3n) is 7.97. The van der Waals surface area contributed by atoms with Gasteiger partial charge in [0.15, 0.2) is 0 Å². The van der Waals surface area contributed by atoms with Gasteiger partial charge in [-0.15, -0.1) is 0 Å². The maximum atomic E-state index is 12.6. The van der Waals surface area contributed by atoms with Gasteiger partial charge in [-0.3, -0.25) is 24.1 Å². The first-order chi connectivity index (χ1) is 15.6. The van der Waals surface area contributed by atoms with Crippen LogP contribution in [0.2, 0.25) is 0 Å². The van der Waals surface area contributed by atoms with Crippen LogP contribution >= 0.6 is 0 Å². The van der Waals surface area contributed by atoms with Gasteiger partial charge in [0.2, 0.25) is 5.91 Å². The number of ketones is 1. The van der Waals surface area contributed by atoms with E-state index in [2.05, 4.69) is 20.8 Å². The Kier molecular flexibility index (Phi) is 8.88. The van der Waals surface area contributed by atoms with E-state index in [1.54, 1.807) is 0 Å². The number of carbonyl (C=O) groups is 4. The van der Waals surface area contributed by atoms with Crippen LogP contribution in [0.25, 0.3) is 0 Å². The van der Waals surface area contributed by atoms with Crippen molar-refractivity contribution < 1.29 is 19.2 Å². The van der Waals surface area contributed by atoms with Gasteiger partial charge in [-0.05, 0) is 62.2 Å². The van der Waals surface area contributed by atoms with Crippen LogP contribution in [0.1, 0.15) is 91.4 Å². The molecule has 6 nitrogen and oxygen atoms in total. The quantitative estimate of drug-likeness (QED) is 0.356. The monoisotopic (exact) mass is 458 g/mol. The molecule has 184 valence electrons. The summed E-state index contributed by atoms with van der Waals surface area (Å²) in [7, 11) is 0. The molecular weight excluding hydrogens is 416 g/mol. The minimum atomic E-state index is -0.213. The third-order valence-corrected chi connectivity index (χ3v) is 7.97. The van der Waals surface area contributed by atoms with Crippen molar-refractivity contribution in [2.75, 3.05) is 19.6 Å². The number of carbonyl (C=O) groups excluding carboxylic acids is 4. The van der Waals surface area contributed by atoms with Crippen molar-refractivity contribution in [2.24, 2.45) is 23.2 Å². The molecule has 3 rings (SSSR count). The molecule has 1 unspecified atom stereocenters. The molecule has 6 heteroatoms. The van der Waals surface area contributed by atoms with E-state index in [0.29, 0.717) is 42.9 Å². The molecule has 1 saturated carbocycles. The number of imide groups is 1. The molecule has 33 heavy (non-hydrogen) atoms. The van der Waals surface area contributed by atoms with Gasteiger partial charge in [0.25, 0.3) is 11.8 Å². The van der Waals surface area contributed by atoms with Crippen LogP contribution in [0.3, 0.4) is 0 Å². The third kappa shape index (κ3) is 7.25. The van der Waals surface area contributed by atoms with Crippen LogP contribution in [0.15, 0.2) is 12.2 Å². The van der Waals surface area contributed by atoms with E-state index in [-0.39, 0.29) is 23.1 Å². The molecule has 1 aliphatic carbocycles. The van der Waals surface area contributed by atoms with E-state index < -0.39 is 0 Å². The number of hydrogen-bond acceptors (Lipinski definition) is 4. The molecule has 0 aromatic rings. The summed E-state index contributed by atoms with van der Waals surface area (Å²) in [5.41, 5.74) is 0.268. The van der Waals surface area contributed by atoms with Crippen molar-refractivity contribution in [1.29, 1.82) is 0 Å². The average molecular weight is 459 g/mol. The largest absolute Gasteiger partial charge is 0.342 e. The smallest absolute Gasteiger partial charge is 0.253 e. The Hall–Kier alpha value is -1.98. The summed E-state index contributed by atoms with van der Waals surface area (Å²) in [6.07, 6.45) is 12.4. The SMILES string of the molecule is CC(C)(C)C1CCN(C(=O)CCCCCCC(=O)C2CCC(CN3C(=O)C=CC3=O)CC2)C1. The topological polar surface area (TPSA) is 74.8 Å². The number of rotatable bonds is 10. The fraction of sp³-hybridized carbons (Fsp3) is 0.778. The van der Waals surface area contributed by atoms with Crippen molar-refractivity contribution in [3.05, 3.63) is 12.2 Å². The van der Waals surface area contributed by atoms with E-state index in [0.717, 1.165) is 70.9 Å². The molecule has 1 saturated heterocycles. The van der Waals surface area contributed by atoms with Crippen molar-refractivity contribution in [3.8, 4) is 0 Å². The second-order valence-corrected chi connectivity index (χ2v) is 11.4. The van der Waals surface area contributed by atoms with Crippen molar-refractivity contribution >= 4 is 23.5 Å². The van der Waals surface area contributed by atoms with Crippen molar-refractivity contribution in [1.82, 2.24) is 9.80 Å². The molecule has 0 aromatic heterocycles. The van der Waals surface area contributed by atoms with Gasteiger partial charge in [-0.1, -0.05) is 33.6 Å². The summed E-state index contributed by atoms with van der Waals surface area (Å²) in [5, 5.41) is 0. The fourth-order valence-corrected chi connectivity index (χ4v) is 5.52. The van der Waals surface area contributed by atoms with Crippen LogP contribution in [0, 0.1) is 23.2 Å². The molecule has 2 heterocycles. The maximum Gasteiger partial charge on any atom is 0.253 e. The van der Waals surface area contributed by atoms with Crippen LogP contribution in [0.4, 0.5) is 0 Å². The molecular formula is C27H42N2O4. The first-order valence-corrected chi connectivity index (χ1v) is 13.0. The highest BCUT2D eigenvalue weighted by molar-refractivity contribution is 6.12. The zero-order chi connectivity index (χ0) is 24.0. The minimum Gasteiger partial charge on any atom is -0.342 e. The summed E-state index contributed by atoms with van der Waals surface area (Å²) >= 11 is 0. The molecule has 3 amide bonds. The van der Waals surface area contributed by atoms with Crippen LogP contribution in [-0.2, 0) is 19.2 Å². The van der Waals surface area contributed by atoms with E-state index in [1.165, 1.54) is 17.1 Å². The Morgan fingerprint density at radius 3 is 2.06 bits per heavy atom. The number of amides is 3. The minimum absolute atomic E-state index is 0.136. The van der Waals surface area contributed by atoms with Gasteiger partial charge >= 0.3 is 0 Å². The second kappa shape index (κ2) is 11.4. The standard InChI is InChI=1S/C27H42N2O4/c1-27(2,3)22-16-17-28(19-22)24(31)9-7-5-4-6-8-23(30)21-12-10-20(11-13-21)18-29-25(32)14-15-26(29)33/h14-15,20-22H,4-13,16-19H2,1-3H3. The highest BCUT2D eigenvalue weighted by Crippen LogP contribution is 2.34. The van der Waals surface area contributed by atoms with Crippen molar-refractivity contribution in [3.63, 3.8) is 0 Å². The van der Waals surface area contributed by atoms with Gasteiger partial charge in [0, 0.05) is 50.5 Å². The Bertz CT molecular complexity index is 741. The molecule has 0 N–H and O–H groups in total. The Morgan fingerprint density at radius 2 is 1.48 bits per heavy atom. The Balaban J connectivity index is 1.23. The first kappa shape index (κ1) is 25.6. The summed E-state index contributed by atoms with van der Waals surface area (Å²) in [4.78, 5) is 51.9. The summed E-state index contributed by atoms with van der Waals surface area (Å²) in [5.74, 6) is 1.28. The van der Waals surface area contributed by atoms with Gasteiger partial charge in [-0.2, -0.15) is 0 Å². The van der Waals surface area contributed by atoms with Gasteiger partial charge in [-0.25, -0.2) is 0 Å². The highest BCUT2D eigenvalue weighted by Gasteiger charge is 2.33. The van der Waals surface area contributed by atoms with E-state index in [1.807, 2.05) is 4.90 Å². The zero-order valence-corrected chi connectivity index (χ0v) is 20.8. The number of likely N-dealkylation sites (tertiary alicyclic amines) is 1. The molecule has 0 spiro atoms. The lowest BCUT2D eigenvalue weighted by atomic mass is 9.79. The second-order valence-electron chi connectivity index (χ2n) is 11.4. The molecule has 0 aromatic carbocycles. The normalized spacial score (nSPS) is 25.8. The average Bonchev–Trinajstić information content (AvgIpc) is 3.39. The van der Waals surface area contributed by atoms with Gasteiger partial charge in [0.1, 0.15) is 5.78 Å². The summed E-state index contributed by atoms with van der Waals surface area (Å²) in [6, 6.07) is 0. The Labute approximate surface area is 199 Å². The highest BCUT2D eigenvalue weighted by atomic mass is 16.2. The molecule has 0 bridgehead atoms. The predicted octanol–water partition coefficient (Wildman–Crippen LogP) is 4.52. The van der Waals surface area contributed by atoms with E-state index in [4.69, 9.17) is 0 Å². The number of hydrogen-bond donors (Lipinski definition) is 0. The van der Waals surface area contributed by atoms with Crippen LogP contribution in [-0.4, -0.2) is 52.9 Å². The molecule has 1 atom stereocenters. The van der Waals surface area contributed by atoms with Gasteiger partial charge < -0.3 is 4.90 Å². The van der Waals surface area contributed by atoms with E-state index >= 15 is 0 Å². The number of Topliss-reactive ketones (excluding diaryl/α,β-unsaturated/α-hetero) is 1. The van der Waals surface area contributed by atoms with E-state index in [9.17, 15) is 19.2 Å². The lowest BCUT2D eigenvalue weighted by Gasteiger charge is -2.30. The summed E-state index contributed by atoms with van der Waals surface area (Å²) in [6.45, 7) is 9.07. The lowest BCUT2D eigenvalue weighted by molar-refractivity contribution is -0.138. The predicted molar refractivity (Wildman–Crippen MR) is 128 cm³/mol. The Morgan fingerprint density at radius 1 is 0.879 bits per heavy atom.